The van der Waals surface area contributed by atoms with Gasteiger partial charge >= 0.3 is 5.97 Å². The molecule has 42 nitrogen and oxygen atoms in total. The molecule has 566 valence electrons. The van der Waals surface area contributed by atoms with Crippen LogP contribution in [0.2, 0.25) is 0 Å². The first-order chi connectivity index (χ1) is 46.7. The number of carboxylic acids is 1. The Bertz CT molecular complexity index is 2850. The normalized spacial score (nSPS) is 15.2. The number of carboxylic acid groups (broad SMARTS) is 1. The number of nitrogens with one attached hydrogen (secondary N) is 12. The highest BCUT2D eigenvalue weighted by molar-refractivity contribution is 6.00. The smallest absolute Gasteiger partial charge is 0.325 e. The Labute approximate surface area is 575 Å². The minimum Gasteiger partial charge on any atom is -0.480 e. The van der Waals surface area contributed by atoms with Crippen molar-refractivity contribution in [1.82, 2.24) is 63.8 Å². The monoisotopic (exact) mass is 1430 g/mol. The van der Waals surface area contributed by atoms with Crippen molar-refractivity contribution in [1.29, 1.82) is 0 Å². The van der Waals surface area contributed by atoms with E-state index in [2.05, 4.69) is 63.8 Å². The standard InChI is InChI=1S/C58H102N20O22/c1-26(2)44(55(96)78-45(28(4)80)56(97)74-32(11-7-9-23-60)49(90)71-31(10-6-8-22-59)50(91)75-37(25-79)54(95)68-27(3)58(99)100)76-57(98)46(29(5)81)77-53(94)34(14-19-40(64)84)69-43(87)24-67-48(89)33(13-18-39(63)83)72-52(93)36(16-21-42(66)86)73-51(92)35(15-20-41(65)85)70-47(88)30(61)12-17-38(62)82/h26-37,44-46,79-81H,6-25,59-61H2,1-5H3,(H2,62,82)(H2,63,83)(H2,64,84)(H2,65,85)(H2,66,86)(H,67,89)(H,68,95)(H,69,87)(H,70,88)(H,71,90)(H,72,93)(H,73,92)(H,74,97)(H,75,91)(H,76,98)(H,77,94)(H,78,96)(H,99,100)/t27-,28+,29+,30-,31-,32-,33-,34-,35-,36-,37-,44-,45-,46-/m0/s1. The Kier molecular flexibility index (Phi) is 42.6. The van der Waals surface area contributed by atoms with Crippen LogP contribution in [0.4, 0.5) is 0 Å². The number of hydrogen-bond donors (Lipinski definition) is 24. The van der Waals surface area contributed by atoms with Gasteiger partial charge in [0.15, 0.2) is 0 Å². The molecule has 0 aliphatic heterocycles. The van der Waals surface area contributed by atoms with Crippen LogP contribution < -0.4 is 110 Å². The number of nitrogens with two attached hydrogens (primary N) is 8. The minimum atomic E-state index is -1.98. The number of carbonyl (C=O) groups excluding carboxylic acids is 17. The first-order valence-corrected chi connectivity index (χ1v) is 32.1. The quantitative estimate of drug-likeness (QED) is 0.0252. The van der Waals surface area contributed by atoms with Gasteiger partial charge in [0.1, 0.15) is 66.5 Å². The lowest BCUT2D eigenvalue weighted by Gasteiger charge is -2.30. The predicted molar refractivity (Wildman–Crippen MR) is 349 cm³/mol. The van der Waals surface area contributed by atoms with E-state index >= 15 is 0 Å². The van der Waals surface area contributed by atoms with Crippen molar-refractivity contribution >= 4 is 106 Å². The van der Waals surface area contributed by atoms with E-state index < -0.39 is 262 Å². The Morgan fingerprint density at radius 3 is 0.990 bits per heavy atom. The van der Waals surface area contributed by atoms with Crippen LogP contribution in [-0.4, -0.2) is 238 Å². The number of aliphatic hydroxyl groups is 3. The van der Waals surface area contributed by atoms with E-state index in [-0.39, 0.29) is 51.6 Å². The zero-order valence-electron chi connectivity index (χ0n) is 56.6. The highest BCUT2D eigenvalue weighted by atomic mass is 16.4. The van der Waals surface area contributed by atoms with Gasteiger partial charge in [0.2, 0.25) is 100 Å². The van der Waals surface area contributed by atoms with E-state index in [1.165, 1.54) is 13.8 Å². The lowest BCUT2D eigenvalue weighted by molar-refractivity contribution is -0.142. The van der Waals surface area contributed by atoms with Crippen LogP contribution in [0.5, 0.6) is 0 Å². The summed E-state index contributed by atoms with van der Waals surface area (Å²) in [6.45, 7) is 4.45. The van der Waals surface area contributed by atoms with Crippen molar-refractivity contribution in [2.75, 3.05) is 26.2 Å². The first kappa shape index (κ1) is 90.2. The highest BCUT2D eigenvalue weighted by Gasteiger charge is 2.39. The van der Waals surface area contributed by atoms with Crippen LogP contribution in [0.25, 0.3) is 0 Å². The molecule has 0 aromatic heterocycles. The van der Waals surface area contributed by atoms with Gasteiger partial charge in [-0.2, -0.15) is 0 Å². The van der Waals surface area contributed by atoms with Gasteiger partial charge < -0.3 is 130 Å². The van der Waals surface area contributed by atoms with Crippen molar-refractivity contribution in [2.24, 2.45) is 51.8 Å². The molecule has 0 rings (SSSR count). The maximum Gasteiger partial charge on any atom is 0.325 e. The van der Waals surface area contributed by atoms with Crippen LogP contribution >= 0.6 is 0 Å². The fourth-order valence-corrected chi connectivity index (χ4v) is 8.99. The molecule has 0 aliphatic rings. The Morgan fingerprint density at radius 1 is 0.340 bits per heavy atom. The fourth-order valence-electron chi connectivity index (χ4n) is 8.99. The summed E-state index contributed by atoms with van der Waals surface area (Å²) in [7, 11) is 0. The zero-order valence-corrected chi connectivity index (χ0v) is 56.6. The highest BCUT2D eigenvalue weighted by Crippen LogP contribution is 2.12. The molecular formula is C58H102N20O22. The van der Waals surface area contributed by atoms with Crippen LogP contribution in [0.15, 0.2) is 0 Å². The molecule has 0 spiro atoms. The van der Waals surface area contributed by atoms with Gasteiger partial charge in [-0.25, -0.2) is 0 Å². The summed E-state index contributed by atoms with van der Waals surface area (Å²) in [6, 6.07) is -19.8. The summed E-state index contributed by atoms with van der Waals surface area (Å²) < 4.78 is 0. The van der Waals surface area contributed by atoms with Crippen LogP contribution in [0.1, 0.15) is 137 Å². The summed E-state index contributed by atoms with van der Waals surface area (Å²) in [5, 5.41) is 68.2. The molecule has 0 aromatic rings. The van der Waals surface area contributed by atoms with Crippen LogP contribution in [-0.2, 0) is 86.3 Å². The van der Waals surface area contributed by atoms with Crippen LogP contribution in [0.3, 0.4) is 0 Å². The maximum absolute atomic E-state index is 14.1. The van der Waals surface area contributed by atoms with Crippen molar-refractivity contribution in [2.45, 2.75) is 222 Å². The molecule has 0 heterocycles. The molecule has 0 aromatic carbocycles. The average Bonchev–Trinajstić information content (AvgIpc) is 0.847. The Morgan fingerprint density at radius 2 is 0.630 bits per heavy atom. The van der Waals surface area contributed by atoms with Gasteiger partial charge in [0, 0.05) is 32.1 Å². The summed E-state index contributed by atoms with van der Waals surface area (Å²) in [4.78, 5) is 234. The summed E-state index contributed by atoms with van der Waals surface area (Å²) in [5.74, 6) is -20.5. The molecule has 0 unspecified atom stereocenters. The van der Waals surface area contributed by atoms with E-state index in [4.69, 9.17) is 45.9 Å². The van der Waals surface area contributed by atoms with E-state index in [1.807, 2.05) is 0 Å². The van der Waals surface area contributed by atoms with Gasteiger partial charge in [0.05, 0.1) is 31.4 Å². The molecule has 0 fully saturated rings. The number of amides is 17. The van der Waals surface area contributed by atoms with Crippen LogP contribution in [0, 0.1) is 5.92 Å². The first-order valence-electron chi connectivity index (χ1n) is 32.1. The Balaban J connectivity index is 6.71. The third-order valence-electron chi connectivity index (χ3n) is 14.8. The Hall–Kier alpha value is -9.78. The van der Waals surface area contributed by atoms with E-state index in [1.54, 1.807) is 0 Å². The predicted octanol–water partition coefficient (Wildman–Crippen LogP) is -12.1. The van der Waals surface area contributed by atoms with Crippen molar-refractivity contribution in [3.8, 4) is 0 Å². The molecule has 0 aliphatic carbocycles. The van der Waals surface area contributed by atoms with E-state index in [9.17, 15) is 107 Å². The molecule has 0 saturated heterocycles. The second-order valence-electron chi connectivity index (χ2n) is 23.8. The number of carbonyl (C=O) groups is 18. The van der Waals surface area contributed by atoms with Crippen molar-refractivity contribution < 1.29 is 107 Å². The molecule has 100 heavy (non-hydrogen) atoms. The zero-order chi connectivity index (χ0) is 76.7. The molecule has 32 N–H and O–H groups in total. The second-order valence-corrected chi connectivity index (χ2v) is 23.8. The molecule has 0 radical (unpaired) electrons. The van der Waals surface area contributed by atoms with E-state index in [0.29, 0.717) is 12.8 Å². The number of hydrogen-bond acceptors (Lipinski definition) is 24. The number of primary amides is 5. The fraction of sp³-hybridized carbons (Fsp3) is 0.690. The topological polar surface area (TPSA) is 741 Å². The SMILES string of the molecule is CC(C)[C@H](NC(=O)[C@@H](NC(=O)[C@H](CCC(N)=O)NC(=O)CNC(=O)[C@H](CCC(N)=O)NC(=O)[C@H](CCC(N)=O)NC(=O)[C@H](CCC(N)=O)NC(=O)[C@@H](N)CCC(N)=O)[C@@H](C)O)C(=O)N[C@H](C(=O)N[C@@H](CCCCN)C(=O)N[C@@H](CCCCN)C(=O)N[C@@H](CO)C(=O)N[C@@H](C)C(=O)O)[C@@H](C)O. The van der Waals surface area contributed by atoms with Gasteiger partial charge in [-0.1, -0.05) is 13.8 Å². The minimum absolute atomic E-state index is 0.0831. The van der Waals surface area contributed by atoms with Crippen molar-refractivity contribution in [3.05, 3.63) is 0 Å². The molecular weight excluding hydrogens is 1330 g/mol. The average molecular weight is 1430 g/mol. The lowest BCUT2D eigenvalue weighted by Crippen LogP contribution is -2.63. The number of aliphatic hydroxyl groups excluding tert-OH is 3. The molecule has 0 bridgehead atoms. The molecule has 42 heteroatoms. The van der Waals surface area contributed by atoms with E-state index in [0.717, 1.165) is 20.8 Å². The summed E-state index contributed by atoms with van der Waals surface area (Å²) in [5.41, 5.74) is 43.5. The summed E-state index contributed by atoms with van der Waals surface area (Å²) in [6.07, 6.45) is -7.55. The number of unbranched alkanes of at least 4 members (excludes halogenated alkanes) is 2. The second kappa shape index (κ2) is 47.3. The lowest BCUT2D eigenvalue weighted by atomic mass is 10.0. The van der Waals surface area contributed by atoms with Gasteiger partial charge in [-0.3, -0.25) is 86.3 Å². The largest absolute Gasteiger partial charge is 0.480 e. The third kappa shape index (κ3) is 36.2. The van der Waals surface area contributed by atoms with Gasteiger partial charge in [0.25, 0.3) is 0 Å². The molecule has 14 atom stereocenters. The van der Waals surface area contributed by atoms with Crippen molar-refractivity contribution in [3.63, 3.8) is 0 Å². The number of aliphatic carboxylic acids is 1. The number of rotatable bonds is 52. The third-order valence-corrected chi connectivity index (χ3v) is 14.8. The maximum atomic E-state index is 14.1. The molecule has 0 saturated carbocycles. The van der Waals surface area contributed by atoms with Gasteiger partial charge in [-0.05, 0) is 110 Å². The molecule has 17 amide bonds. The summed E-state index contributed by atoms with van der Waals surface area (Å²) >= 11 is 0. The van der Waals surface area contributed by atoms with Gasteiger partial charge in [-0.15, -0.1) is 0 Å².